The van der Waals surface area contributed by atoms with Gasteiger partial charge < -0.3 is 15.3 Å². The van der Waals surface area contributed by atoms with Crippen molar-refractivity contribution in [1.29, 1.82) is 0 Å². The van der Waals surface area contributed by atoms with Gasteiger partial charge in [-0.2, -0.15) is 0 Å². The van der Waals surface area contributed by atoms with Crippen LogP contribution < -0.4 is 5.32 Å². The third kappa shape index (κ3) is 2.07. The molecular weight excluding hydrogens is 180 g/mol. The van der Waals surface area contributed by atoms with Gasteiger partial charge in [0.1, 0.15) is 0 Å². The van der Waals surface area contributed by atoms with Crippen LogP contribution in [0.4, 0.5) is 0 Å². The summed E-state index contributed by atoms with van der Waals surface area (Å²) in [4.78, 5) is 13.7. The van der Waals surface area contributed by atoms with Crippen LogP contribution in [0.25, 0.3) is 0 Å². The molecule has 0 aromatic rings. The maximum Gasteiger partial charge on any atom is 0.227 e. The van der Waals surface area contributed by atoms with E-state index in [9.17, 15) is 9.90 Å². The Kier molecular flexibility index (Phi) is 3.03. The molecule has 2 rings (SSSR count). The van der Waals surface area contributed by atoms with Crippen molar-refractivity contribution in [2.45, 2.75) is 25.4 Å². The molecule has 0 bridgehead atoms. The van der Waals surface area contributed by atoms with Crippen molar-refractivity contribution in [1.82, 2.24) is 10.2 Å². The number of nitrogens with one attached hydrogen (secondary N) is 1. The summed E-state index contributed by atoms with van der Waals surface area (Å²) in [6.07, 6.45) is 2.53. The van der Waals surface area contributed by atoms with Crippen LogP contribution in [0.5, 0.6) is 0 Å². The summed E-state index contributed by atoms with van der Waals surface area (Å²) in [5.41, 5.74) is 0. The molecule has 0 unspecified atom stereocenters. The number of nitrogens with zero attached hydrogens (tertiary/aromatic N) is 1. The van der Waals surface area contributed by atoms with Crippen LogP contribution in [0.15, 0.2) is 0 Å². The van der Waals surface area contributed by atoms with E-state index in [1.807, 2.05) is 4.90 Å². The van der Waals surface area contributed by atoms with Crippen molar-refractivity contribution in [2.24, 2.45) is 5.92 Å². The zero-order chi connectivity index (χ0) is 9.97. The molecule has 2 aliphatic heterocycles. The molecule has 2 heterocycles. The Balaban J connectivity index is 1.87. The SMILES string of the molecule is O=C([C@H]1CCCNC1)N1CC[C@H](O)C1. The maximum atomic E-state index is 11.9. The van der Waals surface area contributed by atoms with Gasteiger partial charge in [0.05, 0.1) is 12.0 Å². The van der Waals surface area contributed by atoms with Crippen molar-refractivity contribution >= 4 is 5.91 Å². The molecule has 0 aliphatic carbocycles. The average molecular weight is 198 g/mol. The van der Waals surface area contributed by atoms with Gasteiger partial charge in [0.25, 0.3) is 0 Å². The van der Waals surface area contributed by atoms with E-state index in [0.29, 0.717) is 6.54 Å². The predicted octanol–water partition coefficient (Wildman–Crippen LogP) is -0.421. The number of amides is 1. The van der Waals surface area contributed by atoms with E-state index in [4.69, 9.17) is 0 Å². The Labute approximate surface area is 84.3 Å². The number of likely N-dealkylation sites (tertiary alicyclic amines) is 1. The number of aliphatic hydroxyl groups excluding tert-OH is 1. The summed E-state index contributed by atoms with van der Waals surface area (Å²) in [5, 5.41) is 12.6. The molecule has 0 saturated carbocycles. The summed E-state index contributed by atoms with van der Waals surface area (Å²) in [6, 6.07) is 0. The van der Waals surface area contributed by atoms with Crippen LogP contribution in [-0.2, 0) is 4.79 Å². The lowest BCUT2D eigenvalue weighted by Gasteiger charge is -2.26. The molecule has 0 radical (unpaired) electrons. The van der Waals surface area contributed by atoms with Crippen LogP contribution in [0.1, 0.15) is 19.3 Å². The van der Waals surface area contributed by atoms with E-state index < -0.39 is 0 Å². The zero-order valence-electron chi connectivity index (χ0n) is 8.41. The molecule has 0 aromatic heterocycles. The van der Waals surface area contributed by atoms with Gasteiger partial charge >= 0.3 is 0 Å². The number of carbonyl (C=O) groups excluding carboxylic acids is 1. The molecule has 4 nitrogen and oxygen atoms in total. The Morgan fingerprint density at radius 3 is 2.86 bits per heavy atom. The molecule has 14 heavy (non-hydrogen) atoms. The molecule has 0 aromatic carbocycles. The molecule has 2 fully saturated rings. The molecular formula is C10H18N2O2. The quantitative estimate of drug-likeness (QED) is 0.601. The number of hydrogen-bond donors (Lipinski definition) is 2. The van der Waals surface area contributed by atoms with E-state index in [0.717, 1.165) is 38.9 Å². The predicted molar refractivity (Wildman–Crippen MR) is 52.8 cm³/mol. The molecule has 1 amide bonds. The van der Waals surface area contributed by atoms with Crippen molar-refractivity contribution in [3.8, 4) is 0 Å². The second-order valence-corrected chi connectivity index (χ2v) is 4.27. The third-order valence-electron chi connectivity index (χ3n) is 3.12. The van der Waals surface area contributed by atoms with Gasteiger partial charge in [-0.25, -0.2) is 0 Å². The number of rotatable bonds is 1. The maximum absolute atomic E-state index is 11.9. The lowest BCUT2D eigenvalue weighted by Crippen LogP contribution is -2.42. The molecule has 2 N–H and O–H groups in total. The minimum atomic E-state index is -0.296. The summed E-state index contributed by atoms with van der Waals surface area (Å²) in [7, 11) is 0. The summed E-state index contributed by atoms with van der Waals surface area (Å²) < 4.78 is 0. The van der Waals surface area contributed by atoms with Crippen LogP contribution in [0.2, 0.25) is 0 Å². The number of hydrogen-bond acceptors (Lipinski definition) is 3. The smallest absolute Gasteiger partial charge is 0.227 e. The first-order valence-electron chi connectivity index (χ1n) is 5.45. The Bertz CT molecular complexity index is 207. The first-order valence-corrected chi connectivity index (χ1v) is 5.45. The van der Waals surface area contributed by atoms with Gasteiger partial charge in [0.15, 0.2) is 0 Å². The van der Waals surface area contributed by atoms with E-state index in [2.05, 4.69) is 5.32 Å². The minimum Gasteiger partial charge on any atom is -0.391 e. The van der Waals surface area contributed by atoms with Crippen LogP contribution in [-0.4, -0.2) is 48.2 Å². The molecule has 80 valence electrons. The summed E-state index contributed by atoms with van der Waals surface area (Å²) >= 11 is 0. The Hall–Kier alpha value is -0.610. The highest BCUT2D eigenvalue weighted by molar-refractivity contribution is 5.79. The van der Waals surface area contributed by atoms with E-state index in [-0.39, 0.29) is 17.9 Å². The number of β-amino-alcohol motifs (C(OH)–C–C–N with tert-alkyl or cyclic N) is 1. The fourth-order valence-corrected chi connectivity index (χ4v) is 2.26. The highest BCUT2D eigenvalue weighted by Gasteiger charge is 2.30. The van der Waals surface area contributed by atoms with Gasteiger partial charge in [-0.15, -0.1) is 0 Å². The van der Waals surface area contributed by atoms with E-state index in [1.165, 1.54) is 0 Å². The number of piperidine rings is 1. The highest BCUT2D eigenvalue weighted by atomic mass is 16.3. The topological polar surface area (TPSA) is 52.6 Å². The molecule has 0 spiro atoms. The van der Waals surface area contributed by atoms with Crippen molar-refractivity contribution in [2.75, 3.05) is 26.2 Å². The molecule has 2 atom stereocenters. The highest BCUT2D eigenvalue weighted by Crippen LogP contribution is 2.17. The second-order valence-electron chi connectivity index (χ2n) is 4.27. The Morgan fingerprint density at radius 2 is 2.29 bits per heavy atom. The third-order valence-corrected chi connectivity index (χ3v) is 3.12. The monoisotopic (exact) mass is 198 g/mol. The molecule has 2 saturated heterocycles. The van der Waals surface area contributed by atoms with Gasteiger partial charge in [-0.3, -0.25) is 4.79 Å². The van der Waals surface area contributed by atoms with E-state index >= 15 is 0 Å². The normalized spacial score (nSPS) is 33.4. The Morgan fingerprint density at radius 1 is 1.43 bits per heavy atom. The van der Waals surface area contributed by atoms with Crippen molar-refractivity contribution < 1.29 is 9.90 Å². The van der Waals surface area contributed by atoms with Crippen LogP contribution in [0, 0.1) is 5.92 Å². The molecule has 2 aliphatic rings. The average Bonchev–Trinajstić information content (AvgIpc) is 2.65. The minimum absolute atomic E-state index is 0.147. The molecule has 4 heteroatoms. The zero-order valence-corrected chi connectivity index (χ0v) is 8.41. The van der Waals surface area contributed by atoms with Gasteiger partial charge in [-0.05, 0) is 25.8 Å². The second kappa shape index (κ2) is 4.28. The lowest BCUT2D eigenvalue weighted by molar-refractivity contribution is -0.135. The van der Waals surface area contributed by atoms with Crippen LogP contribution in [0.3, 0.4) is 0 Å². The number of carbonyl (C=O) groups is 1. The first-order chi connectivity index (χ1) is 6.77. The van der Waals surface area contributed by atoms with Crippen molar-refractivity contribution in [3.63, 3.8) is 0 Å². The van der Waals surface area contributed by atoms with Gasteiger partial charge in [0.2, 0.25) is 5.91 Å². The number of aliphatic hydroxyl groups is 1. The lowest BCUT2D eigenvalue weighted by atomic mass is 9.98. The fraction of sp³-hybridized carbons (Fsp3) is 0.900. The summed E-state index contributed by atoms with van der Waals surface area (Å²) in [5.74, 6) is 0.378. The van der Waals surface area contributed by atoms with Gasteiger partial charge in [0, 0.05) is 19.6 Å². The summed E-state index contributed by atoms with van der Waals surface area (Å²) in [6.45, 7) is 3.11. The largest absolute Gasteiger partial charge is 0.391 e. The first kappa shape index (κ1) is 9.93. The fourth-order valence-electron chi connectivity index (χ4n) is 2.26. The van der Waals surface area contributed by atoms with E-state index in [1.54, 1.807) is 0 Å². The van der Waals surface area contributed by atoms with Crippen LogP contribution >= 0.6 is 0 Å². The van der Waals surface area contributed by atoms with Gasteiger partial charge in [-0.1, -0.05) is 0 Å². The van der Waals surface area contributed by atoms with Crippen molar-refractivity contribution in [3.05, 3.63) is 0 Å². The standard InChI is InChI=1S/C10H18N2O2/c13-9-3-5-12(7-9)10(14)8-2-1-4-11-6-8/h8-9,11,13H,1-7H2/t8-,9-/m0/s1.